The number of piperidine rings is 1. The highest BCUT2D eigenvalue weighted by molar-refractivity contribution is 7.92. The molecule has 0 unspecified atom stereocenters. The van der Waals surface area contributed by atoms with Gasteiger partial charge in [0.05, 0.1) is 5.25 Å². The Morgan fingerprint density at radius 2 is 1.75 bits per heavy atom. The normalized spacial score (nSPS) is 15.5. The zero-order chi connectivity index (χ0) is 20.1. The second-order valence-electron chi connectivity index (χ2n) is 7.20. The molecule has 0 saturated carbocycles. The second kappa shape index (κ2) is 8.73. The van der Waals surface area contributed by atoms with Crippen LogP contribution in [-0.4, -0.2) is 56.3 Å². The van der Waals surface area contributed by atoms with E-state index in [4.69, 9.17) is 0 Å². The van der Waals surface area contributed by atoms with Crippen LogP contribution in [-0.2, 0) is 25.8 Å². The SMILES string of the molecule is CNC(=O)CS(=O)(=O)C1CCN(C(=O)CCc2cccc3ccccc23)CC1. The van der Waals surface area contributed by atoms with Crippen molar-refractivity contribution >= 4 is 32.4 Å². The van der Waals surface area contributed by atoms with E-state index in [1.807, 2.05) is 24.3 Å². The molecule has 0 bridgehead atoms. The Labute approximate surface area is 165 Å². The van der Waals surface area contributed by atoms with E-state index in [0.717, 1.165) is 16.3 Å². The molecule has 1 aliphatic heterocycles. The van der Waals surface area contributed by atoms with Gasteiger partial charge in [-0.2, -0.15) is 0 Å². The summed E-state index contributed by atoms with van der Waals surface area (Å²) in [6.45, 7) is 0.845. The summed E-state index contributed by atoms with van der Waals surface area (Å²) in [6, 6.07) is 14.2. The monoisotopic (exact) mass is 402 g/mol. The molecule has 28 heavy (non-hydrogen) atoms. The molecular weight excluding hydrogens is 376 g/mol. The van der Waals surface area contributed by atoms with Crippen molar-refractivity contribution in [2.45, 2.75) is 30.9 Å². The van der Waals surface area contributed by atoms with Crippen molar-refractivity contribution < 1.29 is 18.0 Å². The van der Waals surface area contributed by atoms with Crippen molar-refractivity contribution in [3.63, 3.8) is 0 Å². The highest BCUT2D eigenvalue weighted by atomic mass is 32.2. The third kappa shape index (κ3) is 4.70. The third-order valence-corrected chi connectivity index (χ3v) is 7.55. The first-order valence-electron chi connectivity index (χ1n) is 9.57. The number of nitrogens with one attached hydrogen (secondary N) is 1. The molecule has 0 spiro atoms. The molecule has 1 heterocycles. The van der Waals surface area contributed by atoms with Crippen molar-refractivity contribution in [2.24, 2.45) is 0 Å². The van der Waals surface area contributed by atoms with Crippen molar-refractivity contribution in [3.05, 3.63) is 48.0 Å². The molecule has 2 aromatic carbocycles. The zero-order valence-electron chi connectivity index (χ0n) is 16.1. The van der Waals surface area contributed by atoms with Gasteiger partial charge in [-0.3, -0.25) is 9.59 Å². The molecule has 0 aromatic heterocycles. The standard InChI is InChI=1S/C21H26N2O4S/c1-22-20(24)15-28(26,27)18-11-13-23(14-12-18)21(25)10-9-17-7-4-6-16-5-2-3-8-19(16)17/h2-8,18H,9-15H2,1H3,(H,22,24). The summed E-state index contributed by atoms with van der Waals surface area (Å²) in [5, 5.41) is 4.13. The van der Waals surface area contributed by atoms with E-state index in [1.165, 1.54) is 7.05 Å². The number of amides is 2. The second-order valence-corrected chi connectivity index (χ2v) is 9.48. The average molecular weight is 403 g/mol. The Morgan fingerprint density at radius 3 is 2.46 bits per heavy atom. The molecule has 3 rings (SSSR count). The van der Waals surface area contributed by atoms with Crippen molar-refractivity contribution in [1.82, 2.24) is 10.2 Å². The molecule has 0 radical (unpaired) electrons. The van der Waals surface area contributed by atoms with Crippen LogP contribution < -0.4 is 5.32 Å². The molecule has 7 heteroatoms. The lowest BCUT2D eigenvalue weighted by molar-refractivity contribution is -0.132. The van der Waals surface area contributed by atoms with E-state index < -0.39 is 26.7 Å². The van der Waals surface area contributed by atoms with Gasteiger partial charge >= 0.3 is 0 Å². The number of hydrogen-bond acceptors (Lipinski definition) is 4. The van der Waals surface area contributed by atoms with E-state index in [1.54, 1.807) is 4.90 Å². The van der Waals surface area contributed by atoms with Crippen LogP contribution >= 0.6 is 0 Å². The number of hydrogen-bond donors (Lipinski definition) is 1. The highest BCUT2D eigenvalue weighted by Crippen LogP contribution is 2.22. The topological polar surface area (TPSA) is 83.6 Å². The Morgan fingerprint density at radius 1 is 1.07 bits per heavy atom. The number of fused-ring (bicyclic) bond motifs is 1. The van der Waals surface area contributed by atoms with Crippen LogP contribution in [0.15, 0.2) is 42.5 Å². The number of rotatable bonds is 6. The molecular formula is C21H26N2O4S. The van der Waals surface area contributed by atoms with Gasteiger partial charge < -0.3 is 10.2 Å². The number of sulfone groups is 1. The molecule has 1 fully saturated rings. The molecule has 0 atom stereocenters. The molecule has 2 amide bonds. The van der Waals surface area contributed by atoms with Crippen molar-refractivity contribution in [3.8, 4) is 0 Å². The maximum Gasteiger partial charge on any atom is 0.234 e. The summed E-state index contributed by atoms with van der Waals surface area (Å²) in [4.78, 5) is 25.7. The fourth-order valence-corrected chi connectivity index (χ4v) is 5.42. The van der Waals surface area contributed by atoms with E-state index in [-0.39, 0.29) is 5.91 Å². The largest absolute Gasteiger partial charge is 0.358 e. The molecule has 6 nitrogen and oxygen atoms in total. The molecule has 1 N–H and O–H groups in total. The predicted molar refractivity (Wildman–Crippen MR) is 110 cm³/mol. The number of carbonyl (C=O) groups is 2. The van der Waals surface area contributed by atoms with Crippen LogP contribution in [0.1, 0.15) is 24.8 Å². The van der Waals surface area contributed by atoms with Crippen LogP contribution in [0.3, 0.4) is 0 Å². The summed E-state index contributed by atoms with van der Waals surface area (Å²) in [7, 11) is -2.05. The summed E-state index contributed by atoms with van der Waals surface area (Å²) in [5.74, 6) is -0.924. The fourth-order valence-electron chi connectivity index (χ4n) is 3.75. The lowest BCUT2D eigenvalue weighted by Crippen LogP contribution is -2.44. The number of nitrogens with zero attached hydrogens (tertiary/aromatic N) is 1. The maximum atomic E-state index is 12.6. The van der Waals surface area contributed by atoms with Gasteiger partial charge in [-0.15, -0.1) is 0 Å². The first kappa shape index (κ1) is 20.3. The predicted octanol–water partition coefficient (Wildman–Crippen LogP) is 1.92. The average Bonchev–Trinajstić information content (AvgIpc) is 2.71. The van der Waals surface area contributed by atoms with Gasteiger partial charge in [0.25, 0.3) is 0 Å². The maximum absolute atomic E-state index is 12.6. The first-order chi connectivity index (χ1) is 13.4. The van der Waals surface area contributed by atoms with Gasteiger partial charge in [-0.25, -0.2) is 8.42 Å². The fraction of sp³-hybridized carbons (Fsp3) is 0.429. The van der Waals surface area contributed by atoms with E-state index in [0.29, 0.717) is 38.8 Å². The zero-order valence-corrected chi connectivity index (χ0v) is 16.9. The van der Waals surface area contributed by atoms with Crippen LogP contribution in [0.2, 0.25) is 0 Å². The van der Waals surface area contributed by atoms with Crippen LogP contribution in [0.25, 0.3) is 10.8 Å². The minimum Gasteiger partial charge on any atom is -0.358 e. The Balaban J connectivity index is 1.55. The van der Waals surface area contributed by atoms with Gasteiger partial charge in [0.1, 0.15) is 5.75 Å². The van der Waals surface area contributed by atoms with Crippen molar-refractivity contribution in [1.29, 1.82) is 0 Å². The molecule has 1 aliphatic rings. The summed E-state index contributed by atoms with van der Waals surface area (Å²) in [6.07, 6.45) is 1.84. The Bertz CT molecular complexity index is 958. The number of benzene rings is 2. The molecule has 1 saturated heterocycles. The van der Waals surface area contributed by atoms with Crippen LogP contribution in [0.4, 0.5) is 0 Å². The summed E-state index contributed by atoms with van der Waals surface area (Å²) in [5.41, 5.74) is 1.15. The molecule has 2 aromatic rings. The minimum atomic E-state index is -3.47. The van der Waals surface area contributed by atoms with Crippen LogP contribution in [0, 0.1) is 0 Å². The quantitative estimate of drug-likeness (QED) is 0.800. The van der Waals surface area contributed by atoms with Gasteiger partial charge in [-0.05, 0) is 35.6 Å². The van der Waals surface area contributed by atoms with Gasteiger partial charge in [0, 0.05) is 26.6 Å². The Kier molecular flexibility index (Phi) is 6.34. The van der Waals surface area contributed by atoms with Gasteiger partial charge in [0.15, 0.2) is 9.84 Å². The first-order valence-corrected chi connectivity index (χ1v) is 11.3. The molecule has 0 aliphatic carbocycles. The van der Waals surface area contributed by atoms with E-state index in [9.17, 15) is 18.0 Å². The number of carbonyl (C=O) groups excluding carboxylic acids is 2. The molecule has 150 valence electrons. The van der Waals surface area contributed by atoms with Gasteiger partial charge in [0.2, 0.25) is 11.8 Å². The van der Waals surface area contributed by atoms with Crippen molar-refractivity contribution in [2.75, 3.05) is 25.9 Å². The summed E-state index contributed by atoms with van der Waals surface area (Å²) >= 11 is 0. The van der Waals surface area contributed by atoms with Gasteiger partial charge in [-0.1, -0.05) is 42.5 Å². The highest BCUT2D eigenvalue weighted by Gasteiger charge is 2.32. The number of aryl methyl sites for hydroxylation is 1. The minimum absolute atomic E-state index is 0.0510. The lowest BCUT2D eigenvalue weighted by Gasteiger charge is -2.31. The van der Waals surface area contributed by atoms with Crippen LogP contribution in [0.5, 0.6) is 0 Å². The van der Waals surface area contributed by atoms with E-state index in [2.05, 4.69) is 23.5 Å². The smallest absolute Gasteiger partial charge is 0.234 e. The lowest BCUT2D eigenvalue weighted by atomic mass is 10.0. The van der Waals surface area contributed by atoms with E-state index >= 15 is 0 Å². The summed E-state index contributed by atoms with van der Waals surface area (Å²) < 4.78 is 24.6. The third-order valence-electron chi connectivity index (χ3n) is 5.40. The Hall–Kier alpha value is -2.41. The number of likely N-dealkylation sites (tertiary alicyclic amines) is 1.